The first-order valence-electron chi connectivity index (χ1n) is 9.48. The number of carbonyl (C=O) groups is 1. The summed E-state index contributed by atoms with van der Waals surface area (Å²) < 4.78 is 54.1. The number of halogens is 1. The Morgan fingerprint density at radius 3 is 2.16 bits per heavy atom. The molecule has 0 spiro atoms. The van der Waals surface area contributed by atoms with E-state index in [-0.39, 0.29) is 32.5 Å². The first-order valence-corrected chi connectivity index (χ1v) is 12.8. The molecular weight excluding hydrogens is 464 g/mol. The molecule has 168 valence electrons. The molecule has 1 aliphatic carbocycles. The summed E-state index contributed by atoms with van der Waals surface area (Å²) in [6, 6.07) is 9.34. The third kappa shape index (κ3) is 6.17. The van der Waals surface area contributed by atoms with Crippen molar-refractivity contribution in [3.8, 4) is 0 Å². The van der Waals surface area contributed by atoms with Gasteiger partial charge >= 0.3 is 0 Å². The van der Waals surface area contributed by atoms with E-state index in [0.29, 0.717) is 5.69 Å². The fourth-order valence-corrected chi connectivity index (χ4v) is 5.41. The third-order valence-corrected chi connectivity index (χ3v) is 7.79. The van der Waals surface area contributed by atoms with Crippen LogP contribution in [-0.4, -0.2) is 34.8 Å². The van der Waals surface area contributed by atoms with Gasteiger partial charge in [0.25, 0.3) is 5.91 Å². The molecule has 1 amide bonds. The molecule has 2 aromatic carbocycles. The summed E-state index contributed by atoms with van der Waals surface area (Å²) in [5.74, 6) is -0.654. The molecule has 0 aliphatic heterocycles. The minimum atomic E-state index is -3.79. The molecule has 0 radical (unpaired) electrons. The SMILES string of the molecule is CC(C)NS(=O)(=O)c1ccc(Cl)c(C(=O)NNc2ccc(S(=O)(=O)NC3CC3)cc2)c1. The van der Waals surface area contributed by atoms with Crippen LogP contribution in [0.15, 0.2) is 52.3 Å². The number of rotatable bonds is 9. The molecule has 0 aromatic heterocycles. The lowest BCUT2D eigenvalue weighted by Crippen LogP contribution is -2.32. The van der Waals surface area contributed by atoms with E-state index in [1.807, 2.05) is 0 Å². The Balaban J connectivity index is 1.68. The van der Waals surface area contributed by atoms with Gasteiger partial charge in [0.15, 0.2) is 0 Å². The summed E-state index contributed by atoms with van der Waals surface area (Å²) in [7, 11) is -7.36. The molecule has 0 unspecified atom stereocenters. The van der Waals surface area contributed by atoms with Crippen molar-refractivity contribution in [3.63, 3.8) is 0 Å². The Kier molecular flexibility index (Phi) is 6.92. The zero-order chi connectivity index (χ0) is 22.8. The molecule has 0 heterocycles. The van der Waals surface area contributed by atoms with E-state index in [0.717, 1.165) is 12.8 Å². The Hall–Kier alpha value is -2.18. The largest absolute Gasteiger partial charge is 0.298 e. The molecule has 0 bridgehead atoms. The van der Waals surface area contributed by atoms with Crippen LogP contribution in [0.1, 0.15) is 37.0 Å². The van der Waals surface area contributed by atoms with E-state index < -0.39 is 26.0 Å². The number of sulfonamides is 2. The summed E-state index contributed by atoms with van der Waals surface area (Å²) in [5, 5.41) is 0.0791. The number of hydrogen-bond acceptors (Lipinski definition) is 6. The molecule has 0 saturated heterocycles. The van der Waals surface area contributed by atoms with Gasteiger partial charge in [0.1, 0.15) is 0 Å². The Morgan fingerprint density at radius 2 is 1.58 bits per heavy atom. The maximum Gasteiger partial charge on any atom is 0.271 e. The topological polar surface area (TPSA) is 133 Å². The van der Waals surface area contributed by atoms with Crippen molar-refractivity contribution >= 4 is 43.2 Å². The fraction of sp³-hybridized carbons (Fsp3) is 0.316. The molecule has 2 aromatic rings. The number of nitrogens with one attached hydrogen (secondary N) is 4. The lowest BCUT2D eigenvalue weighted by molar-refractivity contribution is 0.0962. The normalized spacial score (nSPS) is 14.5. The van der Waals surface area contributed by atoms with Gasteiger partial charge < -0.3 is 0 Å². The van der Waals surface area contributed by atoms with Gasteiger partial charge in [-0.1, -0.05) is 11.6 Å². The standard InChI is InChI=1S/C19H23ClN4O5S2/c1-12(2)23-31(28,29)16-9-10-18(20)17(11-16)19(25)22-21-13-5-7-15(8-6-13)30(26,27)24-14-3-4-14/h5-12,14,21,23-24H,3-4H2,1-2H3,(H,22,25). The Bertz CT molecular complexity index is 1180. The van der Waals surface area contributed by atoms with Crippen molar-refractivity contribution < 1.29 is 21.6 Å². The third-order valence-electron chi connectivity index (χ3n) is 4.27. The van der Waals surface area contributed by atoms with Crippen molar-refractivity contribution in [2.45, 2.75) is 48.6 Å². The predicted octanol–water partition coefficient (Wildman–Crippen LogP) is 2.22. The number of hydrazine groups is 1. The monoisotopic (exact) mass is 486 g/mol. The van der Waals surface area contributed by atoms with Crippen molar-refractivity contribution in [1.82, 2.24) is 14.9 Å². The highest BCUT2D eigenvalue weighted by molar-refractivity contribution is 7.89. The lowest BCUT2D eigenvalue weighted by Gasteiger charge is -2.13. The first-order chi connectivity index (χ1) is 14.5. The summed E-state index contributed by atoms with van der Waals surface area (Å²) in [5.41, 5.74) is 5.47. The van der Waals surface area contributed by atoms with Crippen LogP contribution in [0.25, 0.3) is 0 Å². The molecular formula is C19H23ClN4O5S2. The second kappa shape index (κ2) is 9.13. The number of amides is 1. The van der Waals surface area contributed by atoms with E-state index >= 15 is 0 Å². The van der Waals surface area contributed by atoms with Gasteiger partial charge in [0.2, 0.25) is 20.0 Å². The molecule has 4 N–H and O–H groups in total. The van der Waals surface area contributed by atoms with Crippen LogP contribution in [0.3, 0.4) is 0 Å². The van der Waals surface area contributed by atoms with Gasteiger partial charge in [-0.2, -0.15) is 0 Å². The van der Waals surface area contributed by atoms with Crippen LogP contribution in [0.5, 0.6) is 0 Å². The molecule has 0 atom stereocenters. The molecule has 9 nitrogen and oxygen atoms in total. The smallest absolute Gasteiger partial charge is 0.271 e. The van der Waals surface area contributed by atoms with Gasteiger partial charge in [-0.3, -0.25) is 15.6 Å². The first kappa shape index (κ1) is 23.5. The summed E-state index contributed by atoms with van der Waals surface area (Å²) in [6.07, 6.45) is 1.67. The summed E-state index contributed by atoms with van der Waals surface area (Å²) in [4.78, 5) is 12.5. The predicted molar refractivity (Wildman–Crippen MR) is 118 cm³/mol. The molecule has 1 saturated carbocycles. The molecule has 1 fully saturated rings. The van der Waals surface area contributed by atoms with E-state index in [9.17, 15) is 21.6 Å². The Labute approximate surface area is 186 Å². The van der Waals surface area contributed by atoms with Gasteiger partial charge in [0, 0.05) is 12.1 Å². The maximum atomic E-state index is 12.5. The van der Waals surface area contributed by atoms with Gasteiger partial charge in [0.05, 0.1) is 26.1 Å². The zero-order valence-electron chi connectivity index (χ0n) is 16.8. The van der Waals surface area contributed by atoms with Crippen LogP contribution >= 0.6 is 11.6 Å². The van der Waals surface area contributed by atoms with Crippen LogP contribution < -0.4 is 20.3 Å². The van der Waals surface area contributed by atoms with Crippen LogP contribution in [0.2, 0.25) is 5.02 Å². The minimum Gasteiger partial charge on any atom is -0.298 e. The number of carbonyl (C=O) groups excluding carboxylic acids is 1. The molecule has 3 rings (SSSR count). The highest BCUT2D eigenvalue weighted by Crippen LogP contribution is 2.23. The lowest BCUT2D eigenvalue weighted by atomic mass is 10.2. The quantitative estimate of drug-likeness (QED) is 0.401. The second-order valence-electron chi connectivity index (χ2n) is 7.42. The van der Waals surface area contributed by atoms with Gasteiger partial charge in [-0.15, -0.1) is 0 Å². The maximum absolute atomic E-state index is 12.5. The van der Waals surface area contributed by atoms with E-state index in [2.05, 4.69) is 20.3 Å². The summed E-state index contributed by atoms with van der Waals surface area (Å²) >= 11 is 6.07. The minimum absolute atomic E-state index is 0.00199. The van der Waals surface area contributed by atoms with Crippen molar-refractivity contribution in [2.24, 2.45) is 0 Å². The van der Waals surface area contributed by atoms with Gasteiger partial charge in [-0.25, -0.2) is 26.3 Å². The van der Waals surface area contributed by atoms with E-state index in [1.54, 1.807) is 13.8 Å². The van der Waals surface area contributed by atoms with Crippen LogP contribution in [-0.2, 0) is 20.0 Å². The number of benzene rings is 2. The molecule has 12 heteroatoms. The van der Waals surface area contributed by atoms with E-state index in [4.69, 9.17) is 11.6 Å². The average molecular weight is 487 g/mol. The fourth-order valence-electron chi connectivity index (χ4n) is 2.63. The average Bonchev–Trinajstić information content (AvgIpc) is 3.49. The van der Waals surface area contributed by atoms with Crippen molar-refractivity contribution in [2.75, 3.05) is 5.43 Å². The highest BCUT2D eigenvalue weighted by Gasteiger charge is 2.27. The van der Waals surface area contributed by atoms with Crippen molar-refractivity contribution in [1.29, 1.82) is 0 Å². The summed E-state index contributed by atoms with van der Waals surface area (Å²) in [6.45, 7) is 3.37. The number of anilines is 1. The van der Waals surface area contributed by atoms with Crippen LogP contribution in [0.4, 0.5) is 5.69 Å². The molecule has 31 heavy (non-hydrogen) atoms. The van der Waals surface area contributed by atoms with Crippen molar-refractivity contribution in [3.05, 3.63) is 53.1 Å². The van der Waals surface area contributed by atoms with Gasteiger partial charge in [-0.05, 0) is 69.2 Å². The zero-order valence-corrected chi connectivity index (χ0v) is 19.2. The van der Waals surface area contributed by atoms with E-state index in [1.165, 1.54) is 42.5 Å². The molecule has 1 aliphatic rings. The second-order valence-corrected chi connectivity index (χ2v) is 11.3. The highest BCUT2D eigenvalue weighted by atomic mass is 35.5. The Morgan fingerprint density at radius 1 is 0.968 bits per heavy atom. The number of hydrogen-bond donors (Lipinski definition) is 4. The van der Waals surface area contributed by atoms with Crippen LogP contribution in [0, 0.1) is 0 Å².